The number of aromatic nitrogens is 2. The van der Waals surface area contributed by atoms with Crippen LogP contribution in [0.1, 0.15) is 41.9 Å². The second-order valence-corrected chi connectivity index (χ2v) is 7.04. The molecule has 1 saturated carbocycles. The Morgan fingerprint density at radius 3 is 2.68 bits per heavy atom. The van der Waals surface area contributed by atoms with Gasteiger partial charge < -0.3 is 10.6 Å². The summed E-state index contributed by atoms with van der Waals surface area (Å²) in [7, 11) is 1.77. The van der Waals surface area contributed by atoms with Gasteiger partial charge in [0, 0.05) is 18.3 Å². The third-order valence-electron chi connectivity index (χ3n) is 3.60. The molecule has 1 aliphatic rings. The number of hydrogen-bond acceptors (Lipinski definition) is 6. The van der Waals surface area contributed by atoms with Crippen molar-refractivity contribution in [3.05, 3.63) is 5.01 Å². The van der Waals surface area contributed by atoms with E-state index in [1.165, 1.54) is 43.4 Å². The van der Waals surface area contributed by atoms with Gasteiger partial charge in [0.2, 0.25) is 10.1 Å². The van der Waals surface area contributed by atoms with E-state index < -0.39 is 0 Å². The maximum Gasteiger partial charge on any atom is 0.282 e. The zero-order valence-corrected chi connectivity index (χ0v) is 13.0. The van der Waals surface area contributed by atoms with E-state index in [-0.39, 0.29) is 10.7 Å². The standard InChI is InChI=1S/C12H20N4OS2/c1-13-11-16-15-10(19-11)9(17)14-8-12(18-2)6-4-3-5-7-12/h3-8H2,1-2H3,(H,13,16)(H,14,17). The average molecular weight is 300 g/mol. The molecule has 2 rings (SSSR count). The Morgan fingerprint density at radius 1 is 1.37 bits per heavy atom. The molecular weight excluding hydrogens is 280 g/mol. The molecule has 0 atom stereocenters. The van der Waals surface area contributed by atoms with Crippen LogP contribution in [0.15, 0.2) is 0 Å². The van der Waals surface area contributed by atoms with Crippen LogP contribution in [0.2, 0.25) is 0 Å². The molecule has 0 aromatic carbocycles. The molecule has 0 spiro atoms. The van der Waals surface area contributed by atoms with Crippen LogP contribution < -0.4 is 10.6 Å². The van der Waals surface area contributed by atoms with Crippen LogP contribution in [0, 0.1) is 0 Å². The van der Waals surface area contributed by atoms with Gasteiger partial charge in [-0.2, -0.15) is 11.8 Å². The van der Waals surface area contributed by atoms with Crippen molar-refractivity contribution in [3.8, 4) is 0 Å². The highest BCUT2D eigenvalue weighted by Gasteiger charge is 2.31. The molecule has 0 saturated heterocycles. The summed E-state index contributed by atoms with van der Waals surface area (Å²) in [6.07, 6.45) is 8.36. The fraction of sp³-hybridized carbons (Fsp3) is 0.750. The minimum Gasteiger partial charge on any atom is -0.363 e. The molecule has 2 N–H and O–H groups in total. The molecule has 1 amide bonds. The Balaban J connectivity index is 1.91. The molecule has 0 bridgehead atoms. The lowest BCUT2D eigenvalue weighted by molar-refractivity contribution is 0.0946. The summed E-state index contributed by atoms with van der Waals surface area (Å²) in [5.74, 6) is -0.113. The Hall–Kier alpha value is -0.820. The molecule has 7 heteroatoms. The zero-order valence-electron chi connectivity index (χ0n) is 11.4. The molecule has 1 aromatic rings. The quantitative estimate of drug-likeness (QED) is 0.874. The van der Waals surface area contributed by atoms with E-state index >= 15 is 0 Å². The second-order valence-electron chi connectivity index (χ2n) is 4.79. The Morgan fingerprint density at radius 2 is 2.11 bits per heavy atom. The van der Waals surface area contributed by atoms with Gasteiger partial charge in [0.1, 0.15) is 0 Å². The average Bonchev–Trinajstić information content (AvgIpc) is 2.95. The van der Waals surface area contributed by atoms with Gasteiger partial charge in [-0.1, -0.05) is 30.6 Å². The predicted molar refractivity (Wildman–Crippen MR) is 81.1 cm³/mol. The molecular formula is C12H20N4OS2. The molecule has 106 valence electrons. The lowest BCUT2D eigenvalue weighted by atomic mass is 9.88. The molecule has 19 heavy (non-hydrogen) atoms. The largest absolute Gasteiger partial charge is 0.363 e. The Kier molecular flexibility index (Phi) is 5.04. The van der Waals surface area contributed by atoms with Gasteiger partial charge in [-0.15, -0.1) is 10.2 Å². The van der Waals surface area contributed by atoms with Crippen molar-refractivity contribution < 1.29 is 4.79 Å². The molecule has 0 radical (unpaired) electrons. The van der Waals surface area contributed by atoms with Crippen LogP contribution >= 0.6 is 23.1 Å². The maximum atomic E-state index is 12.0. The number of anilines is 1. The summed E-state index contributed by atoms with van der Waals surface area (Å²) in [5, 5.41) is 14.8. The van der Waals surface area contributed by atoms with Gasteiger partial charge in [-0.05, 0) is 19.1 Å². The fourth-order valence-corrected chi connectivity index (χ4v) is 3.91. The van der Waals surface area contributed by atoms with Gasteiger partial charge in [0.05, 0.1) is 0 Å². The summed E-state index contributed by atoms with van der Waals surface area (Å²) < 4.78 is 0.213. The van der Waals surface area contributed by atoms with Crippen LogP contribution in [0.3, 0.4) is 0 Å². The van der Waals surface area contributed by atoms with Gasteiger partial charge >= 0.3 is 0 Å². The minimum absolute atomic E-state index is 0.113. The smallest absolute Gasteiger partial charge is 0.282 e. The molecule has 1 heterocycles. The summed E-state index contributed by atoms with van der Waals surface area (Å²) in [6, 6.07) is 0. The predicted octanol–water partition coefficient (Wildman–Crippen LogP) is 2.38. The molecule has 1 aromatic heterocycles. The Bertz CT molecular complexity index is 429. The second kappa shape index (κ2) is 6.56. The number of thioether (sulfide) groups is 1. The number of carbonyl (C=O) groups excluding carboxylic acids is 1. The van der Waals surface area contributed by atoms with Gasteiger partial charge in [-0.3, -0.25) is 4.79 Å². The number of nitrogens with one attached hydrogen (secondary N) is 2. The van der Waals surface area contributed by atoms with E-state index in [1.54, 1.807) is 7.05 Å². The van der Waals surface area contributed by atoms with E-state index in [4.69, 9.17) is 0 Å². The zero-order chi connectivity index (χ0) is 13.7. The maximum absolute atomic E-state index is 12.0. The first kappa shape index (κ1) is 14.6. The van der Waals surface area contributed by atoms with Crippen molar-refractivity contribution in [1.82, 2.24) is 15.5 Å². The summed E-state index contributed by atoms with van der Waals surface area (Å²) in [6.45, 7) is 0.724. The van der Waals surface area contributed by atoms with E-state index in [2.05, 4.69) is 27.1 Å². The first-order valence-electron chi connectivity index (χ1n) is 6.54. The van der Waals surface area contributed by atoms with E-state index in [0.29, 0.717) is 10.1 Å². The fourth-order valence-electron chi connectivity index (χ4n) is 2.38. The lowest BCUT2D eigenvalue weighted by Gasteiger charge is -2.35. The first-order valence-corrected chi connectivity index (χ1v) is 8.58. The number of amides is 1. The topological polar surface area (TPSA) is 66.9 Å². The monoisotopic (exact) mass is 300 g/mol. The van der Waals surface area contributed by atoms with Crippen molar-refractivity contribution >= 4 is 34.1 Å². The highest BCUT2D eigenvalue weighted by molar-refractivity contribution is 8.00. The van der Waals surface area contributed by atoms with E-state index in [9.17, 15) is 4.79 Å². The van der Waals surface area contributed by atoms with E-state index in [0.717, 1.165) is 6.54 Å². The van der Waals surface area contributed by atoms with Gasteiger partial charge in [-0.25, -0.2) is 0 Å². The van der Waals surface area contributed by atoms with Crippen LogP contribution in [0.4, 0.5) is 5.13 Å². The lowest BCUT2D eigenvalue weighted by Crippen LogP contribution is -2.41. The molecule has 1 aliphatic carbocycles. The van der Waals surface area contributed by atoms with Crippen molar-refractivity contribution in [1.29, 1.82) is 0 Å². The van der Waals surface area contributed by atoms with Crippen LogP contribution in [0.5, 0.6) is 0 Å². The minimum atomic E-state index is -0.113. The van der Waals surface area contributed by atoms with Crippen molar-refractivity contribution in [2.45, 2.75) is 36.9 Å². The van der Waals surface area contributed by atoms with Gasteiger partial charge in [0.15, 0.2) is 0 Å². The van der Waals surface area contributed by atoms with Gasteiger partial charge in [0.25, 0.3) is 5.91 Å². The van der Waals surface area contributed by atoms with Crippen LogP contribution in [-0.4, -0.2) is 40.7 Å². The molecule has 0 aliphatic heterocycles. The highest BCUT2D eigenvalue weighted by atomic mass is 32.2. The van der Waals surface area contributed by atoms with Crippen molar-refractivity contribution in [2.24, 2.45) is 0 Å². The van der Waals surface area contributed by atoms with Crippen LogP contribution in [-0.2, 0) is 0 Å². The normalized spacial score (nSPS) is 18.0. The third-order valence-corrected chi connectivity index (χ3v) is 5.96. The number of hydrogen-bond donors (Lipinski definition) is 2. The summed E-state index contributed by atoms with van der Waals surface area (Å²) in [4.78, 5) is 12.0. The third kappa shape index (κ3) is 3.60. The van der Waals surface area contributed by atoms with E-state index in [1.807, 2.05) is 11.8 Å². The SMILES string of the molecule is CNc1nnc(C(=O)NCC2(SC)CCCCC2)s1. The number of nitrogens with zero attached hydrogens (tertiary/aromatic N) is 2. The van der Waals surface area contributed by atoms with Crippen molar-refractivity contribution in [3.63, 3.8) is 0 Å². The molecule has 5 nitrogen and oxygen atoms in total. The first-order chi connectivity index (χ1) is 9.19. The highest BCUT2D eigenvalue weighted by Crippen LogP contribution is 2.38. The summed E-state index contributed by atoms with van der Waals surface area (Å²) >= 11 is 3.16. The summed E-state index contributed by atoms with van der Waals surface area (Å²) in [5.41, 5.74) is 0. The number of rotatable bonds is 5. The van der Waals surface area contributed by atoms with Crippen LogP contribution in [0.25, 0.3) is 0 Å². The number of carbonyl (C=O) groups is 1. The Labute approximate surface area is 122 Å². The molecule has 1 fully saturated rings. The molecule has 0 unspecified atom stereocenters. The van der Waals surface area contributed by atoms with Crippen molar-refractivity contribution in [2.75, 3.05) is 25.2 Å².